The molecule has 0 saturated carbocycles. The van der Waals surface area contributed by atoms with Gasteiger partial charge in [-0.2, -0.15) is 0 Å². The number of aliphatic hydroxyl groups is 2. The number of aliphatic hydroxyl groups excluding tert-OH is 2. The van der Waals surface area contributed by atoms with Gasteiger partial charge in [0.1, 0.15) is 0 Å². The van der Waals surface area contributed by atoms with Gasteiger partial charge in [0, 0.05) is 0 Å². The van der Waals surface area contributed by atoms with Crippen LogP contribution in [0.3, 0.4) is 0 Å². The van der Waals surface area contributed by atoms with E-state index in [-0.39, 0.29) is 6.61 Å². The van der Waals surface area contributed by atoms with Crippen molar-refractivity contribution in [2.75, 3.05) is 6.61 Å². The molecular weight excluding hydrogens is 164 g/mol. The highest BCUT2D eigenvalue weighted by atomic mass is 16.3. The quantitative estimate of drug-likeness (QED) is 0.721. The highest BCUT2D eigenvalue weighted by Crippen LogP contribution is 1.77. The Bertz CT molecular complexity index is 46.1. The summed E-state index contributed by atoms with van der Waals surface area (Å²) >= 11 is 0. The molecule has 0 rings (SSSR count). The fraction of sp³-hybridized carbons (Fsp3) is 1.00. The van der Waals surface area contributed by atoms with E-state index >= 15 is 0 Å². The van der Waals surface area contributed by atoms with Gasteiger partial charge in [0.25, 0.3) is 0 Å². The summed E-state index contributed by atoms with van der Waals surface area (Å²) in [5.41, 5.74) is 0. The maximum atomic E-state index is 8.11. The average molecular weight is 192 g/mol. The molecule has 0 aliphatic heterocycles. The SMILES string of the molecule is CC(O)CO.CCCC.CCCC. The van der Waals surface area contributed by atoms with Crippen molar-refractivity contribution in [3.05, 3.63) is 0 Å². The molecule has 84 valence electrons. The average Bonchev–Trinajstić information content (AvgIpc) is 2.18. The van der Waals surface area contributed by atoms with Crippen molar-refractivity contribution in [3.63, 3.8) is 0 Å². The van der Waals surface area contributed by atoms with Crippen molar-refractivity contribution in [2.24, 2.45) is 0 Å². The number of rotatable bonds is 3. The molecule has 1 unspecified atom stereocenters. The smallest absolute Gasteiger partial charge is 0.0742 e. The van der Waals surface area contributed by atoms with Gasteiger partial charge < -0.3 is 10.2 Å². The second-order valence-corrected chi connectivity index (χ2v) is 3.03. The molecule has 13 heavy (non-hydrogen) atoms. The zero-order valence-corrected chi connectivity index (χ0v) is 10.0. The monoisotopic (exact) mass is 192 g/mol. The Hall–Kier alpha value is -0.0800. The van der Waals surface area contributed by atoms with E-state index < -0.39 is 6.10 Å². The maximum Gasteiger partial charge on any atom is 0.0742 e. The van der Waals surface area contributed by atoms with Crippen LogP contribution >= 0.6 is 0 Å². The summed E-state index contributed by atoms with van der Waals surface area (Å²) in [4.78, 5) is 0. The lowest BCUT2D eigenvalue weighted by molar-refractivity contribution is 0.110. The molecule has 0 aromatic rings. The molecule has 0 bridgehead atoms. The minimum atomic E-state index is -0.560. The lowest BCUT2D eigenvalue weighted by atomic mass is 10.4. The molecule has 0 saturated heterocycles. The van der Waals surface area contributed by atoms with Crippen LogP contribution in [0.2, 0.25) is 0 Å². The Morgan fingerprint density at radius 1 is 0.846 bits per heavy atom. The van der Waals surface area contributed by atoms with Gasteiger partial charge in [0.15, 0.2) is 0 Å². The number of hydrogen-bond donors (Lipinski definition) is 2. The standard InChI is InChI=1S/2C4H10.C3H8O2/c2*1-3-4-2;1-3(5)2-4/h2*3-4H2,1-2H3;3-5H,2H2,1H3. The summed E-state index contributed by atoms with van der Waals surface area (Å²) in [6.07, 6.45) is 4.72. The minimum Gasteiger partial charge on any atom is -0.394 e. The van der Waals surface area contributed by atoms with Gasteiger partial charge in [-0.25, -0.2) is 0 Å². The molecular formula is C11H28O2. The van der Waals surface area contributed by atoms with Crippen LogP contribution in [0, 0.1) is 0 Å². The van der Waals surface area contributed by atoms with Gasteiger partial charge in [-0.1, -0.05) is 53.4 Å². The van der Waals surface area contributed by atoms with Crippen LogP contribution in [0.25, 0.3) is 0 Å². The molecule has 0 amide bonds. The third kappa shape index (κ3) is 76.3. The van der Waals surface area contributed by atoms with Gasteiger partial charge in [0.05, 0.1) is 12.7 Å². The fourth-order valence-electron chi connectivity index (χ4n) is 0. The zero-order valence-electron chi connectivity index (χ0n) is 10.0. The largest absolute Gasteiger partial charge is 0.394 e. The van der Waals surface area contributed by atoms with Crippen molar-refractivity contribution >= 4 is 0 Å². The molecule has 0 spiro atoms. The summed E-state index contributed by atoms with van der Waals surface area (Å²) in [6, 6.07) is 0. The third-order valence-corrected chi connectivity index (χ3v) is 1.26. The molecule has 0 aliphatic rings. The number of hydrogen-bond acceptors (Lipinski definition) is 2. The second-order valence-electron chi connectivity index (χ2n) is 3.03. The fourth-order valence-corrected chi connectivity index (χ4v) is 0. The second kappa shape index (κ2) is 22.7. The first-order valence-electron chi connectivity index (χ1n) is 5.39. The van der Waals surface area contributed by atoms with E-state index in [1.165, 1.54) is 32.6 Å². The van der Waals surface area contributed by atoms with Crippen molar-refractivity contribution in [1.29, 1.82) is 0 Å². The predicted molar refractivity (Wildman–Crippen MR) is 59.9 cm³/mol. The van der Waals surface area contributed by atoms with Gasteiger partial charge in [-0.05, 0) is 6.92 Å². The normalized spacial score (nSPS) is 10.4. The molecule has 0 radical (unpaired) electrons. The summed E-state index contributed by atoms with van der Waals surface area (Å²) in [5, 5.41) is 16.0. The van der Waals surface area contributed by atoms with Crippen LogP contribution in [-0.4, -0.2) is 22.9 Å². The van der Waals surface area contributed by atoms with Crippen LogP contribution in [-0.2, 0) is 0 Å². The Morgan fingerprint density at radius 2 is 1.00 bits per heavy atom. The Morgan fingerprint density at radius 3 is 1.00 bits per heavy atom. The van der Waals surface area contributed by atoms with Gasteiger partial charge in [0.2, 0.25) is 0 Å². The van der Waals surface area contributed by atoms with Crippen LogP contribution in [0.1, 0.15) is 60.3 Å². The van der Waals surface area contributed by atoms with Gasteiger partial charge in [-0.3, -0.25) is 0 Å². The van der Waals surface area contributed by atoms with Crippen molar-refractivity contribution < 1.29 is 10.2 Å². The Kier molecular flexibility index (Phi) is 32.5. The highest BCUT2D eigenvalue weighted by Gasteiger charge is 1.83. The molecule has 0 heterocycles. The highest BCUT2D eigenvalue weighted by molar-refractivity contribution is 4.34. The predicted octanol–water partition coefficient (Wildman–Crippen LogP) is 2.97. The van der Waals surface area contributed by atoms with E-state index in [1.54, 1.807) is 0 Å². The van der Waals surface area contributed by atoms with Crippen LogP contribution in [0.5, 0.6) is 0 Å². The zero-order chi connectivity index (χ0) is 11.1. The molecule has 0 aromatic carbocycles. The molecule has 0 aromatic heterocycles. The first-order valence-corrected chi connectivity index (χ1v) is 5.39. The summed E-state index contributed by atoms with van der Waals surface area (Å²) in [6.45, 7) is 10.1. The van der Waals surface area contributed by atoms with E-state index in [9.17, 15) is 0 Å². The van der Waals surface area contributed by atoms with Gasteiger partial charge in [-0.15, -0.1) is 0 Å². The molecule has 1 atom stereocenters. The third-order valence-electron chi connectivity index (χ3n) is 1.26. The molecule has 0 fully saturated rings. The van der Waals surface area contributed by atoms with Crippen LogP contribution in [0.4, 0.5) is 0 Å². The summed E-state index contributed by atoms with van der Waals surface area (Å²) in [5.74, 6) is 0. The molecule has 0 aliphatic carbocycles. The van der Waals surface area contributed by atoms with E-state index in [4.69, 9.17) is 10.2 Å². The lowest BCUT2D eigenvalue weighted by Crippen LogP contribution is -2.03. The van der Waals surface area contributed by atoms with E-state index in [2.05, 4.69) is 27.7 Å². The topological polar surface area (TPSA) is 40.5 Å². The molecule has 2 nitrogen and oxygen atoms in total. The van der Waals surface area contributed by atoms with Crippen LogP contribution < -0.4 is 0 Å². The summed E-state index contributed by atoms with van der Waals surface area (Å²) < 4.78 is 0. The van der Waals surface area contributed by atoms with Gasteiger partial charge >= 0.3 is 0 Å². The Labute approximate surface area is 84.0 Å². The minimum absolute atomic E-state index is 0.139. The van der Waals surface area contributed by atoms with E-state index in [0.717, 1.165) is 0 Å². The van der Waals surface area contributed by atoms with E-state index in [1.807, 2.05) is 0 Å². The van der Waals surface area contributed by atoms with Crippen molar-refractivity contribution in [1.82, 2.24) is 0 Å². The van der Waals surface area contributed by atoms with Crippen molar-refractivity contribution in [3.8, 4) is 0 Å². The molecule has 2 N–H and O–H groups in total. The first kappa shape index (κ1) is 18.7. The molecule has 2 heteroatoms. The lowest BCUT2D eigenvalue weighted by Gasteiger charge is -1.90. The number of unbranched alkanes of at least 4 members (excludes halogenated alkanes) is 2. The Balaban J connectivity index is -0.000000117. The maximum absolute atomic E-state index is 8.11. The first-order chi connectivity index (χ1) is 6.10. The van der Waals surface area contributed by atoms with Crippen LogP contribution in [0.15, 0.2) is 0 Å². The summed E-state index contributed by atoms with van der Waals surface area (Å²) in [7, 11) is 0. The van der Waals surface area contributed by atoms with Crippen molar-refractivity contribution in [2.45, 2.75) is 66.4 Å². The van der Waals surface area contributed by atoms with E-state index in [0.29, 0.717) is 0 Å².